The molecule has 0 saturated heterocycles. The Bertz CT molecular complexity index is 702. The second kappa shape index (κ2) is 4.41. The summed E-state index contributed by atoms with van der Waals surface area (Å²) >= 11 is 0. The lowest BCUT2D eigenvalue weighted by Gasteiger charge is -2.08. The minimum atomic E-state index is -1.02. The van der Waals surface area contributed by atoms with E-state index in [0.29, 0.717) is 11.6 Å². The average Bonchev–Trinajstić information content (AvgIpc) is 3.08. The zero-order valence-electron chi connectivity index (χ0n) is 9.84. The van der Waals surface area contributed by atoms with Gasteiger partial charge in [0.2, 0.25) is 0 Å². The largest absolute Gasteiger partial charge is 0.477 e. The van der Waals surface area contributed by atoms with Crippen molar-refractivity contribution in [2.75, 3.05) is 0 Å². The fourth-order valence-corrected chi connectivity index (χ4v) is 1.86. The van der Waals surface area contributed by atoms with Crippen LogP contribution >= 0.6 is 0 Å². The molecule has 0 radical (unpaired) electrons. The summed E-state index contributed by atoms with van der Waals surface area (Å²) in [6, 6.07) is 9.03. The van der Waals surface area contributed by atoms with Crippen molar-refractivity contribution in [1.82, 2.24) is 19.3 Å². The minimum Gasteiger partial charge on any atom is -0.477 e. The molecule has 0 fully saturated rings. The van der Waals surface area contributed by atoms with Crippen molar-refractivity contribution in [3.63, 3.8) is 0 Å². The SMILES string of the molecule is O=C(O)c1cnn(-c2ccccn2)c1-n1cccc1. The van der Waals surface area contributed by atoms with Gasteiger partial charge in [0.25, 0.3) is 0 Å². The maximum atomic E-state index is 11.3. The Labute approximate surface area is 108 Å². The first kappa shape index (κ1) is 11.2. The lowest BCUT2D eigenvalue weighted by Crippen LogP contribution is -2.09. The van der Waals surface area contributed by atoms with Gasteiger partial charge < -0.3 is 9.67 Å². The first-order chi connectivity index (χ1) is 9.27. The molecular formula is C13H10N4O2. The van der Waals surface area contributed by atoms with E-state index in [1.807, 2.05) is 18.2 Å². The predicted octanol–water partition coefficient (Wildman–Crippen LogP) is 1.76. The van der Waals surface area contributed by atoms with Crippen molar-refractivity contribution in [3.05, 3.63) is 60.7 Å². The molecule has 0 amide bonds. The van der Waals surface area contributed by atoms with Crippen molar-refractivity contribution < 1.29 is 9.90 Å². The van der Waals surface area contributed by atoms with Crippen LogP contribution in [-0.4, -0.2) is 30.4 Å². The van der Waals surface area contributed by atoms with E-state index in [1.54, 1.807) is 35.3 Å². The zero-order valence-corrected chi connectivity index (χ0v) is 9.84. The molecule has 3 aromatic rings. The van der Waals surface area contributed by atoms with E-state index in [4.69, 9.17) is 0 Å². The number of nitrogens with zero attached hydrogens (tertiary/aromatic N) is 4. The van der Waals surface area contributed by atoms with Crippen molar-refractivity contribution in [2.24, 2.45) is 0 Å². The number of aromatic carboxylic acids is 1. The van der Waals surface area contributed by atoms with Gasteiger partial charge in [-0.05, 0) is 24.3 Å². The van der Waals surface area contributed by atoms with Gasteiger partial charge in [0.15, 0.2) is 11.6 Å². The molecular weight excluding hydrogens is 244 g/mol. The van der Waals surface area contributed by atoms with Crippen LogP contribution in [0, 0.1) is 0 Å². The van der Waals surface area contributed by atoms with Crippen molar-refractivity contribution >= 4 is 5.97 Å². The van der Waals surface area contributed by atoms with E-state index < -0.39 is 5.97 Å². The van der Waals surface area contributed by atoms with Crippen LogP contribution in [0.3, 0.4) is 0 Å². The van der Waals surface area contributed by atoms with Crippen molar-refractivity contribution in [3.8, 4) is 11.6 Å². The summed E-state index contributed by atoms with van der Waals surface area (Å²) in [6.07, 6.45) is 6.50. The van der Waals surface area contributed by atoms with E-state index in [1.165, 1.54) is 10.9 Å². The first-order valence-corrected chi connectivity index (χ1v) is 5.63. The molecule has 6 heteroatoms. The second-order valence-electron chi connectivity index (χ2n) is 3.88. The highest BCUT2D eigenvalue weighted by Crippen LogP contribution is 2.18. The van der Waals surface area contributed by atoms with Gasteiger partial charge in [-0.25, -0.2) is 9.78 Å². The van der Waals surface area contributed by atoms with Gasteiger partial charge in [-0.3, -0.25) is 0 Å². The third kappa shape index (κ3) is 1.89. The summed E-state index contributed by atoms with van der Waals surface area (Å²) < 4.78 is 3.20. The van der Waals surface area contributed by atoms with Crippen LogP contribution in [0.25, 0.3) is 11.6 Å². The van der Waals surface area contributed by atoms with Gasteiger partial charge in [0, 0.05) is 18.6 Å². The standard InChI is InChI=1S/C13H10N4O2/c18-13(19)10-9-15-17(11-5-1-2-6-14-11)12(10)16-7-3-4-8-16/h1-9H,(H,18,19). The Hall–Kier alpha value is -2.89. The summed E-state index contributed by atoms with van der Waals surface area (Å²) in [5, 5.41) is 13.4. The summed E-state index contributed by atoms with van der Waals surface area (Å²) in [4.78, 5) is 15.5. The Morgan fingerprint density at radius 3 is 2.58 bits per heavy atom. The molecule has 0 aliphatic carbocycles. The molecule has 3 heterocycles. The van der Waals surface area contributed by atoms with Gasteiger partial charge >= 0.3 is 5.97 Å². The maximum absolute atomic E-state index is 11.3. The van der Waals surface area contributed by atoms with Crippen molar-refractivity contribution in [1.29, 1.82) is 0 Å². The van der Waals surface area contributed by atoms with Gasteiger partial charge in [-0.2, -0.15) is 9.78 Å². The molecule has 94 valence electrons. The van der Waals surface area contributed by atoms with Gasteiger partial charge in [0.1, 0.15) is 5.56 Å². The second-order valence-corrected chi connectivity index (χ2v) is 3.88. The highest BCUT2D eigenvalue weighted by Gasteiger charge is 2.19. The lowest BCUT2D eigenvalue weighted by molar-refractivity contribution is 0.0697. The molecule has 0 bridgehead atoms. The van der Waals surface area contributed by atoms with Gasteiger partial charge in [-0.15, -0.1) is 0 Å². The number of carboxylic acids is 1. The summed E-state index contributed by atoms with van der Waals surface area (Å²) in [5.74, 6) is 0.000723. The molecule has 0 aromatic carbocycles. The number of hydrogen-bond acceptors (Lipinski definition) is 3. The smallest absolute Gasteiger partial charge is 0.341 e. The molecule has 0 unspecified atom stereocenters. The molecule has 19 heavy (non-hydrogen) atoms. The molecule has 1 N–H and O–H groups in total. The van der Waals surface area contributed by atoms with Crippen LogP contribution in [0.4, 0.5) is 0 Å². The number of carboxylic acid groups (broad SMARTS) is 1. The molecule has 0 atom stereocenters. The van der Waals surface area contributed by atoms with Crippen LogP contribution in [0.2, 0.25) is 0 Å². The Morgan fingerprint density at radius 2 is 1.95 bits per heavy atom. The highest BCUT2D eigenvalue weighted by molar-refractivity contribution is 5.91. The van der Waals surface area contributed by atoms with Crippen LogP contribution in [0.15, 0.2) is 55.1 Å². The molecule has 0 aliphatic heterocycles. The van der Waals surface area contributed by atoms with Gasteiger partial charge in [-0.1, -0.05) is 6.07 Å². The van der Waals surface area contributed by atoms with Crippen molar-refractivity contribution in [2.45, 2.75) is 0 Å². The van der Waals surface area contributed by atoms with E-state index >= 15 is 0 Å². The molecule has 6 nitrogen and oxygen atoms in total. The molecule has 0 saturated carbocycles. The maximum Gasteiger partial charge on any atom is 0.341 e. The minimum absolute atomic E-state index is 0.127. The topological polar surface area (TPSA) is 72.9 Å². The Kier molecular flexibility index (Phi) is 2.60. The van der Waals surface area contributed by atoms with E-state index in [0.717, 1.165) is 0 Å². The summed E-state index contributed by atoms with van der Waals surface area (Å²) in [7, 11) is 0. The predicted molar refractivity (Wildman–Crippen MR) is 67.6 cm³/mol. The number of hydrogen-bond donors (Lipinski definition) is 1. The van der Waals surface area contributed by atoms with E-state index in [2.05, 4.69) is 10.1 Å². The van der Waals surface area contributed by atoms with Crippen LogP contribution in [0.1, 0.15) is 10.4 Å². The Morgan fingerprint density at radius 1 is 1.16 bits per heavy atom. The first-order valence-electron chi connectivity index (χ1n) is 5.63. The number of aromatic nitrogens is 4. The van der Waals surface area contributed by atoms with E-state index in [9.17, 15) is 9.90 Å². The molecule has 3 rings (SSSR count). The van der Waals surface area contributed by atoms with E-state index in [-0.39, 0.29) is 5.56 Å². The number of pyridine rings is 1. The summed E-state index contributed by atoms with van der Waals surface area (Å²) in [5.41, 5.74) is 0.127. The average molecular weight is 254 g/mol. The fraction of sp³-hybridized carbons (Fsp3) is 0. The normalized spacial score (nSPS) is 10.5. The third-order valence-electron chi connectivity index (χ3n) is 2.69. The Balaban J connectivity index is 2.24. The van der Waals surface area contributed by atoms with Crippen LogP contribution < -0.4 is 0 Å². The molecule has 0 aliphatic rings. The van der Waals surface area contributed by atoms with Gasteiger partial charge in [0.05, 0.1) is 6.20 Å². The summed E-state index contributed by atoms with van der Waals surface area (Å²) in [6.45, 7) is 0. The molecule has 0 spiro atoms. The van der Waals surface area contributed by atoms with Crippen LogP contribution in [-0.2, 0) is 0 Å². The lowest BCUT2D eigenvalue weighted by atomic mass is 10.3. The highest BCUT2D eigenvalue weighted by atomic mass is 16.4. The fourth-order valence-electron chi connectivity index (χ4n) is 1.86. The third-order valence-corrected chi connectivity index (χ3v) is 2.69. The number of rotatable bonds is 3. The zero-order chi connectivity index (χ0) is 13.2. The quantitative estimate of drug-likeness (QED) is 0.772. The monoisotopic (exact) mass is 254 g/mol. The van der Waals surface area contributed by atoms with Crippen LogP contribution in [0.5, 0.6) is 0 Å². The molecule has 3 aromatic heterocycles. The number of carbonyl (C=O) groups is 1.